The third kappa shape index (κ3) is 10.3. The first kappa shape index (κ1) is 23.4. The Hall–Kier alpha value is -0.570. The predicted octanol–water partition coefficient (Wildman–Crippen LogP) is 4.54. The number of hydrogen-bond donors (Lipinski definition) is 0. The summed E-state index contributed by atoms with van der Waals surface area (Å²) in [6.07, 6.45) is 15.5. The Labute approximate surface area is 151 Å². The second-order valence-corrected chi connectivity index (χ2v) is 9.11. The topological polar surface area (TPSA) is 40.1 Å². The van der Waals surface area contributed by atoms with Gasteiger partial charge in [-0.3, -0.25) is 0 Å². The number of carboxylic acids is 1. The fourth-order valence-electron chi connectivity index (χ4n) is 4.07. The lowest BCUT2D eigenvalue weighted by Crippen LogP contribution is -2.61. The van der Waals surface area contributed by atoms with Gasteiger partial charge in [-0.2, -0.15) is 0 Å². The van der Waals surface area contributed by atoms with Crippen molar-refractivity contribution >= 4 is 5.97 Å². The molecule has 24 heavy (non-hydrogen) atoms. The number of hydrogen-bond acceptors (Lipinski definition) is 2. The van der Waals surface area contributed by atoms with Gasteiger partial charge in [-0.1, -0.05) is 91.4 Å². The van der Waals surface area contributed by atoms with Crippen molar-refractivity contribution in [3.05, 3.63) is 0 Å². The van der Waals surface area contributed by atoms with Crippen LogP contribution in [0.15, 0.2) is 0 Å². The zero-order valence-electron chi connectivity index (χ0n) is 17.3. The van der Waals surface area contributed by atoms with Crippen molar-refractivity contribution in [2.45, 2.75) is 104 Å². The first-order chi connectivity index (χ1) is 11.1. The normalized spacial score (nSPS) is 13.9. The van der Waals surface area contributed by atoms with Crippen molar-refractivity contribution in [1.82, 2.24) is 0 Å². The molecule has 0 aromatic rings. The van der Waals surface area contributed by atoms with Gasteiger partial charge >= 0.3 is 0 Å². The number of carbonyl (C=O) groups is 1. The van der Waals surface area contributed by atoms with E-state index in [9.17, 15) is 9.90 Å². The molecular weight excluding hydrogens is 298 g/mol. The number of unbranched alkanes of at least 4 members (excludes halogenated alkanes) is 10. The van der Waals surface area contributed by atoms with Gasteiger partial charge in [-0.15, -0.1) is 0 Å². The second kappa shape index (κ2) is 11.9. The van der Waals surface area contributed by atoms with Crippen molar-refractivity contribution in [2.75, 3.05) is 21.1 Å². The molecular formula is C21H43NO2. The average molecular weight is 342 g/mol. The number of likely N-dealkylation sites (N-methyl/N-ethyl adjacent to an activating group) is 1. The summed E-state index contributed by atoms with van der Waals surface area (Å²) in [5, 5.41) is 11.6. The van der Waals surface area contributed by atoms with E-state index < -0.39 is 12.0 Å². The van der Waals surface area contributed by atoms with Crippen molar-refractivity contribution in [2.24, 2.45) is 5.41 Å². The molecule has 0 aliphatic rings. The molecule has 0 bridgehead atoms. The molecule has 0 fully saturated rings. The average Bonchev–Trinajstić information content (AvgIpc) is 2.42. The van der Waals surface area contributed by atoms with Crippen molar-refractivity contribution in [3.63, 3.8) is 0 Å². The largest absolute Gasteiger partial charge is 0.544 e. The lowest BCUT2D eigenvalue weighted by molar-refractivity contribution is -0.896. The van der Waals surface area contributed by atoms with E-state index in [1.807, 2.05) is 21.1 Å². The Kier molecular flexibility index (Phi) is 11.6. The maximum absolute atomic E-state index is 11.6. The quantitative estimate of drug-likeness (QED) is 0.324. The second-order valence-electron chi connectivity index (χ2n) is 9.11. The maximum Gasteiger partial charge on any atom is 0.134 e. The Morgan fingerprint density at radius 1 is 0.833 bits per heavy atom. The molecule has 1 unspecified atom stereocenters. The minimum absolute atomic E-state index is 0.226. The van der Waals surface area contributed by atoms with Gasteiger partial charge in [0, 0.05) is 5.41 Å². The van der Waals surface area contributed by atoms with E-state index in [-0.39, 0.29) is 5.41 Å². The Bertz CT molecular complexity index is 331. The van der Waals surface area contributed by atoms with E-state index in [1.54, 1.807) is 0 Å². The van der Waals surface area contributed by atoms with Gasteiger partial charge in [0.05, 0.1) is 27.1 Å². The van der Waals surface area contributed by atoms with Crippen molar-refractivity contribution in [3.8, 4) is 0 Å². The zero-order chi connectivity index (χ0) is 18.6. The van der Waals surface area contributed by atoms with Gasteiger partial charge in [0.15, 0.2) is 0 Å². The summed E-state index contributed by atoms with van der Waals surface area (Å²) in [6, 6.07) is -0.458. The van der Waals surface area contributed by atoms with Crippen LogP contribution in [0.4, 0.5) is 0 Å². The standard InChI is InChI=1S/C21H43NO2/c1-7-8-9-10-11-12-13-14-15-16-17-18-21(2,3)19(20(23)24)22(4,5)6/h19H,7-18H2,1-6H3. The maximum atomic E-state index is 11.6. The van der Waals surface area contributed by atoms with Crippen molar-refractivity contribution in [1.29, 1.82) is 0 Å². The molecule has 0 aliphatic carbocycles. The van der Waals surface area contributed by atoms with Crippen LogP contribution >= 0.6 is 0 Å². The summed E-state index contributed by atoms with van der Waals surface area (Å²) in [6.45, 7) is 6.41. The smallest absolute Gasteiger partial charge is 0.134 e. The summed E-state index contributed by atoms with van der Waals surface area (Å²) in [4.78, 5) is 11.6. The highest BCUT2D eigenvalue weighted by Crippen LogP contribution is 2.32. The third-order valence-corrected chi connectivity index (χ3v) is 5.16. The molecule has 0 saturated heterocycles. The molecule has 0 aliphatic heterocycles. The van der Waals surface area contributed by atoms with E-state index in [2.05, 4.69) is 20.8 Å². The minimum Gasteiger partial charge on any atom is -0.544 e. The molecule has 0 rings (SSSR count). The third-order valence-electron chi connectivity index (χ3n) is 5.16. The van der Waals surface area contributed by atoms with Crippen LogP contribution in [0, 0.1) is 5.41 Å². The molecule has 3 nitrogen and oxygen atoms in total. The Balaban J connectivity index is 3.84. The molecule has 0 saturated carbocycles. The van der Waals surface area contributed by atoms with Crippen LogP contribution in [0.3, 0.4) is 0 Å². The van der Waals surface area contributed by atoms with Gasteiger partial charge in [0.2, 0.25) is 0 Å². The van der Waals surface area contributed by atoms with E-state index in [1.165, 1.54) is 64.2 Å². The monoisotopic (exact) mass is 341 g/mol. The molecule has 144 valence electrons. The summed E-state index contributed by atoms with van der Waals surface area (Å²) in [5.74, 6) is -0.921. The highest BCUT2D eigenvalue weighted by molar-refractivity contribution is 5.70. The number of rotatable bonds is 15. The molecule has 1 atom stereocenters. The van der Waals surface area contributed by atoms with Gasteiger partial charge in [-0.25, -0.2) is 0 Å². The highest BCUT2D eigenvalue weighted by atomic mass is 16.4. The predicted molar refractivity (Wildman–Crippen MR) is 102 cm³/mol. The molecule has 3 heteroatoms. The molecule has 0 spiro atoms. The van der Waals surface area contributed by atoms with Gasteiger partial charge in [0.1, 0.15) is 6.04 Å². The molecule has 0 aromatic carbocycles. The van der Waals surface area contributed by atoms with Crippen LogP contribution < -0.4 is 5.11 Å². The first-order valence-corrected chi connectivity index (χ1v) is 10.1. The van der Waals surface area contributed by atoms with E-state index in [0.717, 1.165) is 12.8 Å². The molecule has 0 heterocycles. The number of nitrogens with zero attached hydrogens (tertiary/aromatic N) is 1. The van der Waals surface area contributed by atoms with Gasteiger partial charge in [-0.05, 0) is 6.42 Å². The number of carbonyl (C=O) groups excluding carboxylic acids is 1. The highest BCUT2D eigenvalue weighted by Gasteiger charge is 2.39. The van der Waals surface area contributed by atoms with Crippen LogP contribution in [-0.4, -0.2) is 37.6 Å². The first-order valence-electron chi connectivity index (χ1n) is 10.1. The van der Waals surface area contributed by atoms with Crippen LogP contribution in [0.1, 0.15) is 97.8 Å². The SMILES string of the molecule is CCCCCCCCCCCCCC(C)(C)C(C(=O)[O-])[N+](C)(C)C. The molecule has 0 aromatic heterocycles. The molecule has 0 amide bonds. The van der Waals surface area contributed by atoms with Gasteiger partial charge < -0.3 is 14.4 Å². The summed E-state index contributed by atoms with van der Waals surface area (Å²) in [5.41, 5.74) is -0.226. The Morgan fingerprint density at radius 2 is 1.21 bits per heavy atom. The van der Waals surface area contributed by atoms with E-state index in [0.29, 0.717) is 4.48 Å². The van der Waals surface area contributed by atoms with Crippen LogP contribution in [0.5, 0.6) is 0 Å². The Morgan fingerprint density at radius 3 is 1.54 bits per heavy atom. The number of quaternary nitrogens is 1. The summed E-state index contributed by atoms with van der Waals surface area (Å²) >= 11 is 0. The molecule has 0 N–H and O–H groups in total. The van der Waals surface area contributed by atoms with Crippen LogP contribution in [0.25, 0.3) is 0 Å². The van der Waals surface area contributed by atoms with Gasteiger partial charge in [0.25, 0.3) is 0 Å². The zero-order valence-corrected chi connectivity index (χ0v) is 17.3. The van der Waals surface area contributed by atoms with Crippen molar-refractivity contribution < 1.29 is 14.4 Å². The van der Waals surface area contributed by atoms with E-state index in [4.69, 9.17) is 0 Å². The van der Waals surface area contributed by atoms with Crippen LogP contribution in [-0.2, 0) is 4.79 Å². The minimum atomic E-state index is -0.921. The molecule has 0 radical (unpaired) electrons. The number of aliphatic carboxylic acids is 1. The lowest BCUT2D eigenvalue weighted by Gasteiger charge is -2.44. The summed E-state index contributed by atoms with van der Waals surface area (Å²) in [7, 11) is 5.84. The van der Waals surface area contributed by atoms with Crippen LogP contribution in [0.2, 0.25) is 0 Å². The fourth-order valence-corrected chi connectivity index (χ4v) is 4.07. The number of carboxylic acid groups (broad SMARTS) is 1. The van der Waals surface area contributed by atoms with E-state index >= 15 is 0 Å². The fraction of sp³-hybridized carbons (Fsp3) is 0.952. The lowest BCUT2D eigenvalue weighted by atomic mass is 9.78. The summed E-state index contributed by atoms with van der Waals surface area (Å²) < 4.78 is 0.424.